The van der Waals surface area contributed by atoms with Crippen molar-refractivity contribution in [3.8, 4) is 21.8 Å². The van der Waals surface area contributed by atoms with Gasteiger partial charge in [0.15, 0.2) is 5.13 Å². The fourth-order valence-corrected chi connectivity index (χ4v) is 5.92. The molecule has 0 atom stereocenters. The van der Waals surface area contributed by atoms with Crippen molar-refractivity contribution in [3.63, 3.8) is 0 Å². The number of aromatic nitrogens is 2. The minimum absolute atomic E-state index is 0.234. The van der Waals surface area contributed by atoms with Crippen LogP contribution >= 0.6 is 57.2 Å². The van der Waals surface area contributed by atoms with Gasteiger partial charge in [0.2, 0.25) is 0 Å². The maximum absolute atomic E-state index is 13.2. The molecule has 5 rings (SSSR count). The number of nitrogens with zero attached hydrogens (tertiary/aromatic N) is 2. The van der Waals surface area contributed by atoms with Crippen LogP contribution in [-0.2, 0) is 0 Å². The highest BCUT2D eigenvalue weighted by Crippen LogP contribution is 2.39. The lowest BCUT2D eigenvalue weighted by atomic mass is 10.1. The zero-order chi connectivity index (χ0) is 20.7. The van der Waals surface area contributed by atoms with Crippen LogP contribution in [0.25, 0.3) is 32.7 Å². The summed E-state index contributed by atoms with van der Waals surface area (Å²) < 4.78 is 1.17. The van der Waals surface area contributed by atoms with Crippen molar-refractivity contribution in [2.75, 3.05) is 5.32 Å². The quantitative estimate of drug-likeness (QED) is 0.282. The molecule has 0 aliphatic carbocycles. The molecule has 1 amide bonds. The molecule has 0 aliphatic rings. The van der Waals surface area contributed by atoms with Crippen molar-refractivity contribution in [1.29, 1.82) is 0 Å². The second kappa shape index (κ2) is 8.09. The fourth-order valence-electron chi connectivity index (χ4n) is 3.05. The second-order valence-corrected chi connectivity index (χ2v) is 10.4. The Hall–Kier alpha value is -2.29. The Morgan fingerprint density at radius 2 is 1.83 bits per heavy atom. The van der Waals surface area contributed by atoms with Gasteiger partial charge in [-0.15, -0.1) is 34.0 Å². The number of rotatable bonds is 4. The molecular weight excluding hydrogens is 477 g/mol. The maximum atomic E-state index is 13.2. The van der Waals surface area contributed by atoms with Gasteiger partial charge in [0, 0.05) is 16.3 Å². The number of nitrogens with one attached hydrogen (secondary N) is 1. The normalized spacial score (nSPS) is 11.1. The lowest BCUT2D eigenvalue weighted by Gasteiger charge is -2.08. The Morgan fingerprint density at radius 1 is 0.967 bits per heavy atom. The summed E-state index contributed by atoms with van der Waals surface area (Å²) >= 11 is 16.5. The van der Waals surface area contributed by atoms with Gasteiger partial charge in [0.05, 0.1) is 31.7 Å². The van der Waals surface area contributed by atoms with E-state index in [-0.39, 0.29) is 5.91 Å². The minimum atomic E-state index is -0.234. The Balaban J connectivity index is 1.50. The number of amides is 1. The molecule has 4 heterocycles. The Bertz CT molecular complexity index is 1380. The van der Waals surface area contributed by atoms with E-state index in [1.54, 1.807) is 17.4 Å². The van der Waals surface area contributed by atoms with Gasteiger partial charge in [-0.1, -0.05) is 47.5 Å². The van der Waals surface area contributed by atoms with Gasteiger partial charge < -0.3 is 0 Å². The predicted molar refractivity (Wildman–Crippen MR) is 128 cm³/mol. The van der Waals surface area contributed by atoms with Crippen LogP contribution in [0.5, 0.6) is 0 Å². The van der Waals surface area contributed by atoms with Crippen molar-refractivity contribution >= 4 is 79.2 Å². The number of benzene rings is 1. The maximum Gasteiger partial charge on any atom is 0.258 e. The highest BCUT2D eigenvalue weighted by Gasteiger charge is 2.17. The summed E-state index contributed by atoms with van der Waals surface area (Å²) in [7, 11) is 0. The van der Waals surface area contributed by atoms with Gasteiger partial charge in [-0.2, -0.15) is 0 Å². The predicted octanol–water partition coefficient (Wildman–Crippen LogP) is 7.71. The highest BCUT2D eigenvalue weighted by atomic mass is 35.5. The van der Waals surface area contributed by atoms with E-state index in [1.807, 2.05) is 53.2 Å². The number of carbonyl (C=O) groups excluding carboxylic acids is 1. The standard InChI is InChI=1S/C21H11Cl2N3OS3/c22-18-9-13(19(23)30-18)16-10-29-21(25-16)26-20(27)12-8-15(17-6-3-7-28-17)24-14-5-2-1-4-11(12)14/h1-10H,(H,25,26,27). The summed E-state index contributed by atoms with van der Waals surface area (Å²) in [5.41, 5.74) is 3.54. The monoisotopic (exact) mass is 487 g/mol. The number of anilines is 1. The van der Waals surface area contributed by atoms with Crippen LogP contribution in [0.3, 0.4) is 0 Å². The van der Waals surface area contributed by atoms with Crippen molar-refractivity contribution in [1.82, 2.24) is 9.97 Å². The third-order valence-corrected chi connectivity index (χ3v) is 7.53. The number of thiophene rings is 2. The third-order valence-electron chi connectivity index (χ3n) is 4.39. The number of hydrogen-bond donors (Lipinski definition) is 1. The van der Waals surface area contributed by atoms with E-state index < -0.39 is 0 Å². The number of thiazole rings is 1. The molecule has 1 aromatic carbocycles. The van der Waals surface area contributed by atoms with E-state index in [0.29, 0.717) is 25.1 Å². The molecular formula is C21H11Cl2N3OS3. The first kappa shape index (κ1) is 19.7. The Labute approximate surface area is 193 Å². The van der Waals surface area contributed by atoms with E-state index >= 15 is 0 Å². The Kier molecular flexibility index (Phi) is 5.30. The van der Waals surface area contributed by atoms with Crippen LogP contribution in [0.4, 0.5) is 5.13 Å². The van der Waals surface area contributed by atoms with Crippen molar-refractivity contribution in [3.05, 3.63) is 73.5 Å². The van der Waals surface area contributed by atoms with Crippen molar-refractivity contribution < 1.29 is 4.79 Å². The number of para-hydroxylation sites is 1. The van der Waals surface area contributed by atoms with Crippen LogP contribution < -0.4 is 5.32 Å². The molecule has 4 nitrogen and oxygen atoms in total. The molecule has 9 heteroatoms. The zero-order valence-electron chi connectivity index (χ0n) is 15.1. The number of fused-ring (bicyclic) bond motifs is 1. The first-order valence-corrected chi connectivity index (χ1v) is 12.1. The van der Waals surface area contributed by atoms with Gasteiger partial charge >= 0.3 is 0 Å². The lowest BCUT2D eigenvalue weighted by molar-refractivity contribution is 0.102. The van der Waals surface area contributed by atoms with E-state index in [2.05, 4.69) is 10.3 Å². The molecule has 0 radical (unpaired) electrons. The average molecular weight is 488 g/mol. The molecule has 148 valence electrons. The molecule has 0 saturated carbocycles. The summed E-state index contributed by atoms with van der Waals surface area (Å²) in [6, 6.07) is 15.2. The second-order valence-electron chi connectivity index (χ2n) is 6.28. The highest BCUT2D eigenvalue weighted by molar-refractivity contribution is 7.20. The number of hydrogen-bond acceptors (Lipinski definition) is 6. The summed E-state index contributed by atoms with van der Waals surface area (Å²) in [6.07, 6.45) is 0. The molecule has 5 aromatic rings. The largest absolute Gasteiger partial charge is 0.298 e. The summed E-state index contributed by atoms with van der Waals surface area (Å²) in [5, 5.41) is 8.03. The molecule has 0 fully saturated rings. The van der Waals surface area contributed by atoms with Gasteiger partial charge in [-0.05, 0) is 29.6 Å². The molecule has 0 saturated heterocycles. The first-order chi connectivity index (χ1) is 14.6. The molecule has 0 bridgehead atoms. The van der Waals surface area contributed by atoms with Crippen LogP contribution in [0, 0.1) is 0 Å². The van der Waals surface area contributed by atoms with Crippen LogP contribution in [0.15, 0.2) is 59.3 Å². The molecule has 30 heavy (non-hydrogen) atoms. The van der Waals surface area contributed by atoms with E-state index in [9.17, 15) is 4.79 Å². The molecule has 1 N–H and O–H groups in total. The minimum Gasteiger partial charge on any atom is -0.298 e. The van der Waals surface area contributed by atoms with E-state index in [4.69, 9.17) is 28.2 Å². The number of halogens is 2. The topological polar surface area (TPSA) is 54.9 Å². The summed E-state index contributed by atoms with van der Waals surface area (Å²) in [5.74, 6) is -0.234. The summed E-state index contributed by atoms with van der Waals surface area (Å²) in [6.45, 7) is 0. The van der Waals surface area contributed by atoms with Crippen molar-refractivity contribution in [2.45, 2.75) is 0 Å². The molecule has 0 unspecified atom stereocenters. The first-order valence-electron chi connectivity index (χ1n) is 8.74. The average Bonchev–Trinajstić information content (AvgIpc) is 3.48. The smallest absolute Gasteiger partial charge is 0.258 e. The van der Waals surface area contributed by atoms with Crippen LogP contribution in [-0.4, -0.2) is 15.9 Å². The van der Waals surface area contributed by atoms with Gasteiger partial charge in [-0.25, -0.2) is 9.97 Å². The Morgan fingerprint density at radius 3 is 2.60 bits per heavy atom. The third kappa shape index (κ3) is 3.75. The van der Waals surface area contributed by atoms with Crippen LogP contribution in [0.2, 0.25) is 8.67 Å². The van der Waals surface area contributed by atoms with E-state index in [1.165, 1.54) is 22.7 Å². The number of carbonyl (C=O) groups is 1. The fraction of sp³-hybridized carbons (Fsp3) is 0. The zero-order valence-corrected chi connectivity index (χ0v) is 19.0. The van der Waals surface area contributed by atoms with Gasteiger partial charge in [0.1, 0.15) is 4.34 Å². The lowest BCUT2D eigenvalue weighted by Crippen LogP contribution is -2.13. The van der Waals surface area contributed by atoms with Crippen LogP contribution in [0.1, 0.15) is 10.4 Å². The number of pyridine rings is 1. The SMILES string of the molecule is O=C(Nc1nc(-c2cc(Cl)sc2Cl)cs1)c1cc(-c2cccs2)nc2ccccc12. The van der Waals surface area contributed by atoms with E-state index in [0.717, 1.165) is 27.0 Å². The summed E-state index contributed by atoms with van der Waals surface area (Å²) in [4.78, 5) is 23.4. The molecule has 0 aliphatic heterocycles. The van der Waals surface area contributed by atoms with Crippen molar-refractivity contribution in [2.24, 2.45) is 0 Å². The molecule has 4 aromatic heterocycles. The molecule has 0 spiro atoms. The van der Waals surface area contributed by atoms with Gasteiger partial charge in [0.25, 0.3) is 5.91 Å². The van der Waals surface area contributed by atoms with Gasteiger partial charge in [-0.3, -0.25) is 10.1 Å².